The van der Waals surface area contributed by atoms with Gasteiger partial charge >= 0.3 is 7.12 Å². The van der Waals surface area contributed by atoms with Gasteiger partial charge in [0.1, 0.15) is 0 Å². The number of rotatable bonds is 4. The van der Waals surface area contributed by atoms with E-state index in [-0.39, 0.29) is 18.3 Å². The van der Waals surface area contributed by atoms with Crippen LogP contribution in [0.2, 0.25) is 0 Å². The Kier molecular flexibility index (Phi) is 5.49. The molecule has 2 aliphatic heterocycles. The van der Waals surface area contributed by atoms with Crippen molar-refractivity contribution in [3.63, 3.8) is 0 Å². The average molecular weight is 357 g/mol. The van der Waals surface area contributed by atoms with Gasteiger partial charge in [-0.3, -0.25) is 0 Å². The first-order valence-corrected chi connectivity index (χ1v) is 9.51. The molecule has 0 spiro atoms. The lowest BCUT2D eigenvalue weighted by Gasteiger charge is -2.34. The fourth-order valence-electron chi connectivity index (χ4n) is 3.28. The van der Waals surface area contributed by atoms with Crippen LogP contribution in [0.1, 0.15) is 33.3 Å². The minimum absolute atomic E-state index is 0.350. The molecule has 2 saturated heterocycles. The number of benzene rings is 1. The summed E-state index contributed by atoms with van der Waals surface area (Å²) in [5.41, 5.74) is 8.67. The molecule has 142 valence electrons. The molecule has 0 bridgehead atoms. The van der Waals surface area contributed by atoms with Crippen molar-refractivity contribution in [1.82, 2.24) is 4.90 Å². The minimum Gasteiger partial charge on any atom is -0.400 e. The Morgan fingerprint density at radius 1 is 1.04 bits per heavy atom. The molecule has 0 radical (unpaired) electrons. The summed E-state index contributed by atoms with van der Waals surface area (Å²) in [7, 11) is 1.79. The number of nitrogens with two attached hydrogens (primary N) is 1. The summed E-state index contributed by atoms with van der Waals surface area (Å²) in [6.07, 6.45) is 2.09. The summed E-state index contributed by atoms with van der Waals surface area (Å²) >= 11 is 0. The zero-order chi connectivity index (χ0) is 18.9. The molecule has 2 N–H and O–H groups in total. The number of anilines is 1. The van der Waals surface area contributed by atoms with Gasteiger partial charge < -0.3 is 24.8 Å². The summed E-state index contributed by atoms with van der Waals surface area (Å²) in [5.74, 6) is 0. The average Bonchev–Trinajstić information content (AvgIpc) is 2.81. The maximum Gasteiger partial charge on any atom is 0.491 e. The molecule has 2 heterocycles. The molecule has 0 saturated carbocycles. The van der Waals surface area contributed by atoms with Crippen molar-refractivity contribution in [2.45, 2.75) is 38.9 Å². The van der Waals surface area contributed by atoms with Crippen molar-refractivity contribution in [3.8, 4) is 0 Å². The van der Waals surface area contributed by atoms with E-state index in [0.29, 0.717) is 6.54 Å². The Hall–Kier alpha value is -1.34. The molecule has 5 nitrogen and oxygen atoms in total. The van der Waals surface area contributed by atoms with E-state index in [2.05, 4.69) is 74.9 Å². The first kappa shape index (κ1) is 19.4. The predicted octanol–water partition coefficient (Wildman–Crippen LogP) is 2.41. The monoisotopic (exact) mass is 357 g/mol. The molecule has 0 aromatic heterocycles. The third-order valence-corrected chi connectivity index (χ3v) is 5.91. The predicted molar refractivity (Wildman–Crippen MR) is 109 cm³/mol. The lowest BCUT2D eigenvalue weighted by atomic mass is 9.77. The van der Waals surface area contributed by atoms with E-state index < -0.39 is 0 Å². The van der Waals surface area contributed by atoms with Crippen molar-refractivity contribution < 1.29 is 9.31 Å². The zero-order valence-electron chi connectivity index (χ0n) is 16.8. The third kappa shape index (κ3) is 3.99. The zero-order valence-corrected chi connectivity index (χ0v) is 16.8. The molecule has 2 aliphatic rings. The highest BCUT2D eigenvalue weighted by molar-refractivity contribution is 6.55. The van der Waals surface area contributed by atoms with Crippen LogP contribution in [-0.2, 0) is 9.31 Å². The maximum atomic E-state index is 6.13. The number of hydrogen-bond donors (Lipinski definition) is 1. The second-order valence-corrected chi connectivity index (χ2v) is 8.39. The van der Waals surface area contributed by atoms with Gasteiger partial charge in [-0.05, 0) is 57.9 Å². The first-order valence-electron chi connectivity index (χ1n) is 9.51. The van der Waals surface area contributed by atoms with Crippen LogP contribution in [0.25, 0.3) is 6.08 Å². The van der Waals surface area contributed by atoms with E-state index in [4.69, 9.17) is 15.0 Å². The summed E-state index contributed by atoms with van der Waals surface area (Å²) in [4.78, 5) is 4.80. The number of piperazine rings is 1. The van der Waals surface area contributed by atoms with Gasteiger partial charge in [-0.15, -0.1) is 0 Å². The van der Waals surface area contributed by atoms with Gasteiger partial charge in [-0.2, -0.15) is 0 Å². The molecule has 1 aromatic carbocycles. The molecule has 0 unspecified atom stereocenters. The maximum absolute atomic E-state index is 6.13. The van der Waals surface area contributed by atoms with Crippen molar-refractivity contribution in [1.29, 1.82) is 0 Å². The van der Waals surface area contributed by atoms with E-state index >= 15 is 0 Å². The largest absolute Gasteiger partial charge is 0.491 e. The van der Waals surface area contributed by atoms with Crippen LogP contribution in [0.3, 0.4) is 0 Å². The molecular weight excluding hydrogens is 325 g/mol. The van der Waals surface area contributed by atoms with Crippen molar-refractivity contribution in [2.24, 2.45) is 5.73 Å². The third-order valence-electron chi connectivity index (χ3n) is 5.91. The molecule has 6 heteroatoms. The van der Waals surface area contributed by atoms with Gasteiger partial charge in [0.05, 0.1) is 11.2 Å². The SMILES string of the molecule is CN1CCN(c2ccc(C=C(CN)B3OC(C)(C)C(C)(C)O3)cc2)CC1. The summed E-state index contributed by atoms with van der Waals surface area (Å²) in [6.45, 7) is 13.0. The fourth-order valence-corrected chi connectivity index (χ4v) is 3.28. The van der Waals surface area contributed by atoms with Crippen LogP contribution in [-0.4, -0.2) is 63.0 Å². The van der Waals surface area contributed by atoms with Crippen molar-refractivity contribution in [2.75, 3.05) is 44.7 Å². The van der Waals surface area contributed by atoms with Crippen LogP contribution < -0.4 is 10.6 Å². The van der Waals surface area contributed by atoms with E-state index in [1.807, 2.05) is 0 Å². The Labute approximate surface area is 158 Å². The molecule has 2 fully saturated rings. The van der Waals surface area contributed by atoms with Gasteiger partial charge in [0, 0.05) is 38.4 Å². The van der Waals surface area contributed by atoms with E-state index in [9.17, 15) is 0 Å². The lowest BCUT2D eigenvalue weighted by Crippen LogP contribution is -2.44. The van der Waals surface area contributed by atoms with Crippen LogP contribution in [0, 0.1) is 0 Å². The summed E-state index contributed by atoms with van der Waals surface area (Å²) < 4.78 is 12.3. The molecule has 1 aromatic rings. The fraction of sp³-hybridized carbons (Fsp3) is 0.600. The minimum atomic E-state index is -0.387. The van der Waals surface area contributed by atoms with Crippen LogP contribution in [0.4, 0.5) is 5.69 Å². The van der Waals surface area contributed by atoms with Crippen LogP contribution in [0.5, 0.6) is 0 Å². The van der Waals surface area contributed by atoms with E-state index in [1.54, 1.807) is 0 Å². The molecule has 0 aliphatic carbocycles. The van der Waals surface area contributed by atoms with E-state index in [0.717, 1.165) is 37.2 Å². The standard InChI is InChI=1S/C20H32BN3O2/c1-19(2)20(3,4)26-21(25-19)17(15-22)14-16-6-8-18(9-7-16)24-12-10-23(5)11-13-24/h6-9,14H,10-13,15,22H2,1-5H3. The Morgan fingerprint density at radius 2 is 1.58 bits per heavy atom. The molecule has 0 atom stereocenters. The summed E-state index contributed by atoms with van der Waals surface area (Å²) in [6, 6.07) is 8.67. The smallest absolute Gasteiger partial charge is 0.400 e. The van der Waals surface area contributed by atoms with Crippen LogP contribution >= 0.6 is 0 Å². The van der Waals surface area contributed by atoms with E-state index in [1.165, 1.54) is 5.69 Å². The number of nitrogens with zero attached hydrogens (tertiary/aromatic N) is 2. The molecule has 26 heavy (non-hydrogen) atoms. The lowest BCUT2D eigenvalue weighted by molar-refractivity contribution is 0.00578. The normalized spacial score (nSPS) is 23.5. The number of likely N-dealkylation sites (N-methyl/N-ethyl adjacent to an activating group) is 1. The topological polar surface area (TPSA) is 51.0 Å². The molecular formula is C20H32BN3O2. The Balaban J connectivity index is 1.72. The van der Waals surface area contributed by atoms with Gasteiger partial charge in [-0.25, -0.2) is 0 Å². The highest BCUT2D eigenvalue weighted by atomic mass is 16.7. The molecule has 3 rings (SSSR count). The second kappa shape index (κ2) is 7.35. The Morgan fingerprint density at radius 3 is 2.08 bits per heavy atom. The van der Waals surface area contributed by atoms with Gasteiger partial charge in [0.25, 0.3) is 0 Å². The van der Waals surface area contributed by atoms with Gasteiger partial charge in [0.15, 0.2) is 0 Å². The second-order valence-electron chi connectivity index (χ2n) is 8.39. The summed E-state index contributed by atoms with van der Waals surface area (Å²) in [5, 5.41) is 0. The van der Waals surface area contributed by atoms with Crippen molar-refractivity contribution in [3.05, 3.63) is 35.3 Å². The highest BCUT2D eigenvalue weighted by Gasteiger charge is 2.52. The van der Waals surface area contributed by atoms with Crippen molar-refractivity contribution >= 4 is 18.9 Å². The highest BCUT2D eigenvalue weighted by Crippen LogP contribution is 2.38. The first-order chi connectivity index (χ1) is 12.2. The number of hydrogen-bond acceptors (Lipinski definition) is 5. The quantitative estimate of drug-likeness (QED) is 0.839. The molecule has 0 amide bonds. The Bertz CT molecular complexity index is 634. The van der Waals surface area contributed by atoms with Gasteiger partial charge in [-0.1, -0.05) is 18.2 Å². The van der Waals surface area contributed by atoms with Gasteiger partial charge in [0.2, 0.25) is 0 Å². The van der Waals surface area contributed by atoms with Crippen LogP contribution in [0.15, 0.2) is 29.7 Å².